The first-order valence-corrected chi connectivity index (χ1v) is 6.34. The maximum atomic E-state index is 13.1. The molecular formula is C14H19FN2O4. The second kappa shape index (κ2) is 6.53. The van der Waals surface area contributed by atoms with Gasteiger partial charge in [-0.25, -0.2) is 14.0 Å². The number of aromatic nitrogens is 1. The quantitative estimate of drug-likeness (QED) is 0.639. The number of halogens is 1. The van der Waals surface area contributed by atoms with Crippen molar-refractivity contribution in [2.24, 2.45) is 5.73 Å². The molecule has 3 N–H and O–H groups in total. The van der Waals surface area contributed by atoms with Gasteiger partial charge in [-0.3, -0.25) is 0 Å². The van der Waals surface area contributed by atoms with E-state index in [-0.39, 0.29) is 24.0 Å². The third-order valence-corrected chi connectivity index (χ3v) is 2.66. The number of carbonyl (C=O) groups excluding carboxylic acids is 1. The fraction of sp³-hybridized carbons (Fsp3) is 0.429. The van der Waals surface area contributed by atoms with Gasteiger partial charge in [0.2, 0.25) is 0 Å². The Labute approximate surface area is 122 Å². The predicted molar refractivity (Wildman–Crippen MR) is 74.5 cm³/mol. The van der Waals surface area contributed by atoms with Crippen LogP contribution in [0.4, 0.5) is 4.39 Å². The van der Waals surface area contributed by atoms with Crippen molar-refractivity contribution < 1.29 is 23.8 Å². The summed E-state index contributed by atoms with van der Waals surface area (Å²) in [5.41, 5.74) is 4.57. The van der Waals surface area contributed by atoms with Crippen LogP contribution in [0.15, 0.2) is 30.4 Å². The Bertz CT molecular complexity index is 558. The van der Waals surface area contributed by atoms with Gasteiger partial charge in [0.15, 0.2) is 0 Å². The second-order valence-corrected chi connectivity index (χ2v) is 5.47. The largest absolute Gasteiger partial charge is 0.478 e. The summed E-state index contributed by atoms with van der Waals surface area (Å²) in [5.74, 6) is -1.95. The van der Waals surface area contributed by atoms with Gasteiger partial charge in [0.05, 0.1) is 23.5 Å². The molecule has 0 saturated carbocycles. The van der Waals surface area contributed by atoms with Crippen molar-refractivity contribution in [3.05, 3.63) is 35.9 Å². The van der Waals surface area contributed by atoms with Crippen LogP contribution in [-0.2, 0) is 9.53 Å². The number of esters is 1. The zero-order valence-corrected chi connectivity index (χ0v) is 12.2. The van der Waals surface area contributed by atoms with E-state index in [0.717, 1.165) is 0 Å². The van der Waals surface area contributed by atoms with Crippen LogP contribution < -0.4 is 5.73 Å². The van der Waals surface area contributed by atoms with Gasteiger partial charge in [0.1, 0.15) is 5.60 Å². The Hall–Kier alpha value is -2.15. The first-order valence-electron chi connectivity index (χ1n) is 6.34. The summed E-state index contributed by atoms with van der Waals surface area (Å²) < 4.78 is 19.6. The topological polar surface area (TPSA) is 94.5 Å². The summed E-state index contributed by atoms with van der Waals surface area (Å²) in [6.45, 7) is 4.91. The Morgan fingerprint density at radius 3 is 2.52 bits per heavy atom. The number of nitrogens with zero attached hydrogens (tertiary/aromatic N) is 1. The van der Waals surface area contributed by atoms with Gasteiger partial charge in [0.25, 0.3) is 0 Å². The summed E-state index contributed by atoms with van der Waals surface area (Å²) in [4.78, 5) is 22.8. The normalized spacial score (nSPS) is 13.9. The van der Waals surface area contributed by atoms with Gasteiger partial charge in [-0.05, 0) is 26.8 Å². The van der Waals surface area contributed by atoms with E-state index < -0.39 is 23.6 Å². The van der Waals surface area contributed by atoms with Crippen molar-refractivity contribution >= 4 is 11.9 Å². The van der Waals surface area contributed by atoms with Gasteiger partial charge in [-0.1, -0.05) is 0 Å². The summed E-state index contributed by atoms with van der Waals surface area (Å²) >= 11 is 0. The standard InChI is InChI=1S/C14H19FN2O4/c1-14(2,3)21-13(20)10(6-15)11(7-16)17-5-4-9(8-17)12(18)19/h4-6,8,11H,7,16H2,1-3H3,(H,18,19). The molecule has 1 atom stereocenters. The number of ether oxygens (including phenoxy) is 1. The molecule has 7 heteroatoms. The molecule has 21 heavy (non-hydrogen) atoms. The van der Waals surface area contributed by atoms with E-state index in [1.807, 2.05) is 0 Å². The van der Waals surface area contributed by atoms with Crippen molar-refractivity contribution in [1.29, 1.82) is 0 Å². The molecule has 0 aromatic carbocycles. The monoisotopic (exact) mass is 298 g/mol. The number of carboxylic acids is 1. The zero-order valence-electron chi connectivity index (χ0n) is 12.2. The molecule has 0 aliphatic heterocycles. The van der Waals surface area contributed by atoms with E-state index in [0.29, 0.717) is 0 Å². The van der Waals surface area contributed by atoms with Crippen LogP contribution >= 0.6 is 0 Å². The molecule has 0 spiro atoms. The van der Waals surface area contributed by atoms with Crippen molar-refractivity contribution in [1.82, 2.24) is 4.57 Å². The molecule has 0 radical (unpaired) electrons. The van der Waals surface area contributed by atoms with Gasteiger partial charge in [-0.2, -0.15) is 0 Å². The summed E-state index contributed by atoms with van der Waals surface area (Å²) in [5, 5.41) is 8.89. The summed E-state index contributed by atoms with van der Waals surface area (Å²) in [7, 11) is 0. The van der Waals surface area contributed by atoms with Crippen molar-refractivity contribution in [3.8, 4) is 0 Å². The van der Waals surface area contributed by atoms with Gasteiger partial charge >= 0.3 is 11.9 Å². The molecule has 1 aromatic heterocycles. The number of carboxylic acid groups (broad SMARTS) is 1. The maximum absolute atomic E-state index is 13.1. The fourth-order valence-electron chi connectivity index (χ4n) is 1.73. The van der Waals surface area contributed by atoms with Crippen LogP contribution in [0.2, 0.25) is 0 Å². The second-order valence-electron chi connectivity index (χ2n) is 5.47. The van der Waals surface area contributed by atoms with E-state index in [1.165, 1.54) is 23.0 Å². The Kier molecular flexibility index (Phi) is 5.26. The lowest BCUT2D eigenvalue weighted by Gasteiger charge is -2.24. The van der Waals surface area contributed by atoms with E-state index in [2.05, 4.69) is 0 Å². The highest BCUT2D eigenvalue weighted by molar-refractivity contribution is 5.90. The third kappa shape index (κ3) is 4.42. The molecule has 1 unspecified atom stereocenters. The van der Waals surface area contributed by atoms with E-state index in [1.54, 1.807) is 20.8 Å². The Balaban J connectivity index is 3.05. The molecule has 0 saturated heterocycles. The number of hydrogen-bond acceptors (Lipinski definition) is 4. The van der Waals surface area contributed by atoms with Crippen LogP contribution in [0.25, 0.3) is 0 Å². The molecule has 6 nitrogen and oxygen atoms in total. The highest BCUT2D eigenvalue weighted by Gasteiger charge is 2.27. The molecule has 0 aliphatic carbocycles. The molecule has 1 rings (SSSR count). The number of aromatic carboxylic acids is 1. The lowest BCUT2D eigenvalue weighted by Crippen LogP contribution is -2.30. The number of rotatable bonds is 5. The van der Waals surface area contributed by atoms with Crippen LogP contribution in [0.1, 0.15) is 37.2 Å². The molecule has 0 bridgehead atoms. The zero-order chi connectivity index (χ0) is 16.2. The number of hydrogen-bond donors (Lipinski definition) is 2. The fourth-order valence-corrected chi connectivity index (χ4v) is 1.73. The number of nitrogens with two attached hydrogens (primary N) is 1. The Morgan fingerprint density at radius 1 is 1.52 bits per heavy atom. The highest BCUT2D eigenvalue weighted by Crippen LogP contribution is 2.22. The smallest absolute Gasteiger partial charge is 0.339 e. The SMILES string of the molecule is CC(C)(C)OC(=O)C(=CF)C(CN)n1ccc(C(=O)O)c1. The van der Waals surface area contributed by atoms with Crippen LogP contribution in [0, 0.1) is 0 Å². The minimum Gasteiger partial charge on any atom is -0.478 e. The van der Waals surface area contributed by atoms with Gasteiger partial charge < -0.3 is 20.1 Å². The molecular weight excluding hydrogens is 279 g/mol. The predicted octanol–water partition coefficient (Wildman–Crippen LogP) is 1.88. The molecule has 1 heterocycles. The lowest BCUT2D eigenvalue weighted by molar-refractivity contribution is -0.150. The van der Waals surface area contributed by atoms with Crippen LogP contribution in [-0.4, -0.2) is 33.8 Å². The average molecular weight is 298 g/mol. The van der Waals surface area contributed by atoms with Crippen LogP contribution in [0.3, 0.4) is 0 Å². The van der Waals surface area contributed by atoms with Gasteiger partial charge in [-0.15, -0.1) is 0 Å². The van der Waals surface area contributed by atoms with Crippen molar-refractivity contribution in [2.45, 2.75) is 32.4 Å². The molecule has 116 valence electrons. The number of carbonyl (C=O) groups is 2. The van der Waals surface area contributed by atoms with E-state index >= 15 is 0 Å². The molecule has 0 aliphatic rings. The van der Waals surface area contributed by atoms with Gasteiger partial charge in [0, 0.05) is 18.9 Å². The van der Waals surface area contributed by atoms with E-state index in [4.69, 9.17) is 15.6 Å². The minimum atomic E-state index is -1.12. The first kappa shape index (κ1) is 16.9. The molecule has 0 fully saturated rings. The maximum Gasteiger partial charge on any atom is 0.339 e. The van der Waals surface area contributed by atoms with E-state index in [9.17, 15) is 14.0 Å². The summed E-state index contributed by atoms with van der Waals surface area (Å²) in [6, 6.07) is 0.508. The Morgan fingerprint density at radius 2 is 2.14 bits per heavy atom. The first-order chi connectivity index (χ1) is 9.69. The van der Waals surface area contributed by atoms with Crippen molar-refractivity contribution in [3.63, 3.8) is 0 Å². The average Bonchev–Trinajstić information content (AvgIpc) is 2.82. The minimum absolute atomic E-state index is 0.0239. The molecule has 1 aromatic rings. The van der Waals surface area contributed by atoms with Crippen LogP contribution in [0.5, 0.6) is 0 Å². The third-order valence-electron chi connectivity index (χ3n) is 2.66. The molecule has 0 amide bonds. The highest BCUT2D eigenvalue weighted by atomic mass is 19.1. The lowest BCUT2D eigenvalue weighted by atomic mass is 10.1. The van der Waals surface area contributed by atoms with Crippen molar-refractivity contribution in [2.75, 3.05) is 6.54 Å². The summed E-state index contributed by atoms with van der Waals surface area (Å²) in [6.07, 6.45) is 2.86.